The predicted molar refractivity (Wildman–Crippen MR) is 54.5 cm³/mol. The van der Waals surface area contributed by atoms with Gasteiger partial charge < -0.3 is 0 Å². The maximum absolute atomic E-state index is 5.89. The molecule has 1 rings (SSSR count). The first-order valence-corrected chi connectivity index (χ1v) is 4.57. The molecule has 1 aromatic carbocycles. The lowest BCUT2D eigenvalue weighted by Crippen LogP contribution is -1.94. The van der Waals surface area contributed by atoms with E-state index in [1.807, 2.05) is 12.1 Å². The molecule has 0 saturated carbocycles. The smallest absolute Gasteiger partial charge is 0.0411 e. The molecule has 0 saturated heterocycles. The fraction of sp³-hybridized carbons (Fsp3) is 0.364. The number of halogens is 1. The number of hydrogen-bond donors (Lipinski definition) is 0. The van der Waals surface area contributed by atoms with E-state index in [0.717, 1.165) is 17.0 Å². The molecule has 0 amide bonds. The van der Waals surface area contributed by atoms with Crippen molar-refractivity contribution in [3.8, 4) is 0 Å². The van der Waals surface area contributed by atoms with Crippen LogP contribution in [-0.2, 0) is 6.42 Å². The van der Waals surface area contributed by atoms with Gasteiger partial charge in [-0.1, -0.05) is 31.5 Å². The van der Waals surface area contributed by atoms with Crippen LogP contribution in [0, 0.1) is 12.8 Å². The van der Waals surface area contributed by atoms with Crippen molar-refractivity contribution < 1.29 is 0 Å². The van der Waals surface area contributed by atoms with Crippen molar-refractivity contribution >= 4 is 11.6 Å². The van der Waals surface area contributed by atoms with Crippen molar-refractivity contribution in [1.82, 2.24) is 0 Å². The fourth-order valence-corrected chi connectivity index (χ4v) is 1.59. The number of benzene rings is 1. The van der Waals surface area contributed by atoms with Gasteiger partial charge in [0.05, 0.1) is 0 Å². The van der Waals surface area contributed by atoms with Gasteiger partial charge in [0.1, 0.15) is 0 Å². The van der Waals surface area contributed by atoms with Crippen LogP contribution in [0.2, 0.25) is 5.02 Å². The summed E-state index contributed by atoms with van der Waals surface area (Å²) in [6.45, 7) is 8.26. The molecule has 0 aliphatic heterocycles. The zero-order valence-corrected chi connectivity index (χ0v) is 8.36. The van der Waals surface area contributed by atoms with Gasteiger partial charge in [-0.05, 0) is 42.5 Å². The lowest BCUT2D eigenvalue weighted by molar-refractivity contribution is 0.647. The van der Waals surface area contributed by atoms with E-state index in [1.165, 1.54) is 5.56 Å². The zero-order valence-electron chi connectivity index (χ0n) is 7.60. The molecule has 1 radical (unpaired) electrons. The minimum absolute atomic E-state index is 0.669. The first-order chi connectivity index (χ1) is 5.58. The Morgan fingerprint density at radius 2 is 2.00 bits per heavy atom. The summed E-state index contributed by atoms with van der Waals surface area (Å²) in [5.74, 6) is 0.669. The van der Waals surface area contributed by atoms with Gasteiger partial charge in [0.25, 0.3) is 0 Å². The lowest BCUT2D eigenvalue weighted by Gasteiger charge is -2.06. The van der Waals surface area contributed by atoms with Crippen molar-refractivity contribution in [3.63, 3.8) is 0 Å². The summed E-state index contributed by atoms with van der Waals surface area (Å²) in [7, 11) is 0. The van der Waals surface area contributed by atoms with E-state index in [9.17, 15) is 0 Å². The summed E-state index contributed by atoms with van der Waals surface area (Å²) < 4.78 is 0. The summed E-state index contributed by atoms with van der Waals surface area (Å²) in [6.07, 6.45) is 1.07. The molecule has 0 aliphatic carbocycles. The highest BCUT2D eigenvalue weighted by molar-refractivity contribution is 6.30. The van der Waals surface area contributed by atoms with Crippen LogP contribution in [0.25, 0.3) is 0 Å². The molecule has 1 heteroatoms. The van der Waals surface area contributed by atoms with Gasteiger partial charge in [0.2, 0.25) is 0 Å². The molecular weight excluding hydrogens is 168 g/mol. The van der Waals surface area contributed by atoms with E-state index >= 15 is 0 Å². The van der Waals surface area contributed by atoms with Gasteiger partial charge in [-0.25, -0.2) is 0 Å². The summed E-state index contributed by atoms with van der Waals surface area (Å²) in [5.41, 5.74) is 2.28. The van der Waals surface area contributed by atoms with E-state index in [1.54, 1.807) is 0 Å². The Hall–Kier alpha value is -0.490. The van der Waals surface area contributed by atoms with E-state index in [-0.39, 0.29) is 0 Å². The normalized spacial score (nSPS) is 10.8. The Morgan fingerprint density at radius 1 is 1.33 bits per heavy atom. The predicted octanol–water partition coefficient (Wildman–Crippen LogP) is 3.72. The van der Waals surface area contributed by atoms with Crippen LogP contribution in [0.1, 0.15) is 25.0 Å². The maximum atomic E-state index is 5.89. The number of rotatable bonds is 2. The molecule has 1 aromatic rings. The van der Waals surface area contributed by atoms with E-state index in [2.05, 4.69) is 26.8 Å². The van der Waals surface area contributed by atoms with Crippen LogP contribution < -0.4 is 0 Å². The molecule has 65 valence electrons. The standard InChI is InChI=1S/C11H14Cl/c1-8(2)4-10-5-9(3)6-11(12)7-10/h5-8H,3-4H2,1-2H3. The van der Waals surface area contributed by atoms with Gasteiger partial charge >= 0.3 is 0 Å². The van der Waals surface area contributed by atoms with Gasteiger partial charge in [0.15, 0.2) is 0 Å². The quantitative estimate of drug-likeness (QED) is 0.653. The maximum Gasteiger partial charge on any atom is 0.0411 e. The van der Waals surface area contributed by atoms with Crippen molar-refractivity contribution in [2.45, 2.75) is 20.3 Å². The van der Waals surface area contributed by atoms with Gasteiger partial charge in [-0.15, -0.1) is 0 Å². The van der Waals surface area contributed by atoms with Crippen LogP contribution in [-0.4, -0.2) is 0 Å². The van der Waals surface area contributed by atoms with Gasteiger partial charge in [0, 0.05) is 5.02 Å². The molecule has 0 fully saturated rings. The molecule has 0 unspecified atom stereocenters. The monoisotopic (exact) mass is 181 g/mol. The Labute approximate surface area is 79.6 Å². The molecule has 0 heterocycles. The first kappa shape index (κ1) is 9.60. The molecule has 0 nitrogen and oxygen atoms in total. The molecule has 0 spiro atoms. The average molecular weight is 182 g/mol. The Balaban J connectivity index is 2.85. The largest absolute Gasteiger partial charge is 0.0843 e. The lowest BCUT2D eigenvalue weighted by atomic mass is 10.0. The van der Waals surface area contributed by atoms with Crippen molar-refractivity contribution in [3.05, 3.63) is 41.3 Å². The summed E-state index contributed by atoms with van der Waals surface area (Å²) in [6, 6.07) is 5.98. The van der Waals surface area contributed by atoms with E-state index in [4.69, 9.17) is 11.6 Å². The Kier molecular flexibility index (Phi) is 3.16. The van der Waals surface area contributed by atoms with Gasteiger partial charge in [-0.3, -0.25) is 0 Å². The minimum atomic E-state index is 0.669. The van der Waals surface area contributed by atoms with E-state index < -0.39 is 0 Å². The SMILES string of the molecule is [CH2]c1cc(Cl)cc(CC(C)C)c1. The first-order valence-electron chi connectivity index (χ1n) is 4.19. The molecule has 12 heavy (non-hydrogen) atoms. The third kappa shape index (κ3) is 2.86. The second kappa shape index (κ2) is 3.95. The number of hydrogen-bond acceptors (Lipinski definition) is 0. The molecular formula is C11H14Cl. The van der Waals surface area contributed by atoms with Crippen LogP contribution in [0.15, 0.2) is 18.2 Å². The Bertz CT molecular complexity index is 243. The van der Waals surface area contributed by atoms with Gasteiger partial charge in [-0.2, -0.15) is 0 Å². The third-order valence-corrected chi connectivity index (χ3v) is 1.88. The topological polar surface area (TPSA) is 0 Å². The second-order valence-electron chi connectivity index (χ2n) is 3.57. The highest BCUT2D eigenvalue weighted by atomic mass is 35.5. The zero-order chi connectivity index (χ0) is 9.14. The minimum Gasteiger partial charge on any atom is -0.0843 e. The molecule has 0 atom stereocenters. The van der Waals surface area contributed by atoms with Crippen LogP contribution in [0.5, 0.6) is 0 Å². The van der Waals surface area contributed by atoms with E-state index in [0.29, 0.717) is 5.92 Å². The van der Waals surface area contributed by atoms with Crippen LogP contribution in [0.3, 0.4) is 0 Å². The fourth-order valence-electron chi connectivity index (χ4n) is 1.31. The van der Waals surface area contributed by atoms with Crippen molar-refractivity contribution in [2.24, 2.45) is 5.92 Å². The Morgan fingerprint density at radius 3 is 2.50 bits per heavy atom. The molecule has 0 N–H and O–H groups in total. The van der Waals surface area contributed by atoms with Crippen molar-refractivity contribution in [1.29, 1.82) is 0 Å². The van der Waals surface area contributed by atoms with Crippen LogP contribution >= 0.6 is 11.6 Å². The molecule has 0 bridgehead atoms. The van der Waals surface area contributed by atoms with Crippen LogP contribution in [0.4, 0.5) is 0 Å². The highest BCUT2D eigenvalue weighted by Crippen LogP contribution is 2.16. The highest BCUT2D eigenvalue weighted by Gasteiger charge is 1.99. The third-order valence-electron chi connectivity index (χ3n) is 1.66. The summed E-state index contributed by atoms with van der Waals surface area (Å²) in [4.78, 5) is 0. The second-order valence-corrected chi connectivity index (χ2v) is 4.00. The molecule has 0 aliphatic rings. The van der Waals surface area contributed by atoms with Crippen molar-refractivity contribution in [2.75, 3.05) is 0 Å². The summed E-state index contributed by atoms with van der Waals surface area (Å²) >= 11 is 5.89. The summed E-state index contributed by atoms with van der Waals surface area (Å²) in [5, 5.41) is 0.790. The molecule has 0 aromatic heterocycles. The average Bonchev–Trinajstić information content (AvgIpc) is 1.81.